The maximum atomic E-state index is 15.9. The van der Waals surface area contributed by atoms with Crippen LogP contribution in [0.2, 0.25) is 0 Å². The summed E-state index contributed by atoms with van der Waals surface area (Å²) in [6.45, 7) is -5.01. The fourth-order valence-corrected chi connectivity index (χ4v) is 8.63. The number of halogens is 3. The number of rotatable bonds is 13. The summed E-state index contributed by atoms with van der Waals surface area (Å²) in [5.41, 5.74) is 12.6. The molecule has 0 saturated carbocycles. The Hall–Kier alpha value is -7.57. The van der Waals surface area contributed by atoms with Gasteiger partial charge in [0.2, 0.25) is 0 Å². The van der Waals surface area contributed by atoms with E-state index in [9.17, 15) is 8.78 Å². The van der Waals surface area contributed by atoms with Crippen LogP contribution in [0.3, 0.4) is 0 Å². The van der Waals surface area contributed by atoms with Crippen LogP contribution in [0, 0.1) is 49.4 Å². The van der Waals surface area contributed by atoms with Crippen LogP contribution in [0.4, 0.5) is 13.2 Å². The van der Waals surface area contributed by atoms with Crippen molar-refractivity contribution in [3.63, 3.8) is 0 Å². The van der Waals surface area contributed by atoms with Crippen molar-refractivity contribution >= 4 is 0 Å². The summed E-state index contributed by atoms with van der Waals surface area (Å²) >= 11 is 0. The van der Waals surface area contributed by atoms with Gasteiger partial charge >= 0.3 is 20.1 Å². The zero-order valence-electron chi connectivity index (χ0n) is 43.5. The van der Waals surface area contributed by atoms with Crippen molar-refractivity contribution in [1.82, 2.24) is 15.0 Å². The summed E-state index contributed by atoms with van der Waals surface area (Å²) in [4.78, 5) is 14.1. The van der Waals surface area contributed by atoms with Gasteiger partial charge in [0, 0.05) is 44.0 Å². The molecule has 0 fully saturated rings. The molecule has 70 heavy (non-hydrogen) atoms. The Balaban J connectivity index is 0.00000706. The molecule has 3 heterocycles. The molecule has 0 aliphatic heterocycles. The van der Waals surface area contributed by atoms with E-state index in [1.807, 2.05) is 72.9 Å². The Kier molecular flexibility index (Phi) is 12.3. The third-order valence-corrected chi connectivity index (χ3v) is 12.3. The average molecular weight is 1100 g/mol. The van der Waals surface area contributed by atoms with Crippen LogP contribution in [0.1, 0.15) is 41.6 Å². The van der Waals surface area contributed by atoms with E-state index in [1.165, 1.54) is 73.1 Å². The Morgan fingerprint density at radius 1 is 0.414 bits per heavy atom. The van der Waals surface area contributed by atoms with E-state index in [1.54, 1.807) is 6.07 Å². The fourth-order valence-electron chi connectivity index (χ4n) is 8.63. The predicted octanol–water partition coefficient (Wildman–Crippen LogP) is 15.5. The molecule has 0 atom stereocenters. The van der Waals surface area contributed by atoms with Crippen LogP contribution in [-0.2, 0) is 45.8 Å². The number of pyridine rings is 3. The van der Waals surface area contributed by atoms with E-state index in [2.05, 4.69) is 64.6 Å². The first-order valence-electron chi connectivity index (χ1n) is 25.5. The molecule has 0 spiro atoms. The van der Waals surface area contributed by atoms with Crippen molar-refractivity contribution in [2.24, 2.45) is 0 Å². The molecule has 0 aliphatic carbocycles. The monoisotopic (exact) mass is 1100 g/mol. The molecule has 0 N–H and O–H groups in total. The first-order valence-corrected chi connectivity index (χ1v) is 22.5. The summed E-state index contributed by atoms with van der Waals surface area (Å²) in [5.74, 6) is -1.41. The Labute approximate surface area is 429 Å². The maximum Gasteiger partial charge on any atom is 3.00 e. The van der Waals surface area contributed by atoms with Gasteiger partial charge in [0.1, 0.15) is 5.82 Å². The molecular weight excluding hydrogens is 1050 g/mol. The summed E-state index contributed by atoms with van der Waals surface area (Å²) < 4.78 is 94.4. The molecule has 0 bridgehead atoms. The Morgan fingerprint density at radius 2 is 0.943 bits per heavy atom. The van der Waals surface area contributed by atoms with Crippen LogP contribution in [-0.4, -0.2) is 15.0 Å². The van der Waals surface area contributed by atoms with Crippen molar-refractivity contribution in [3.05, 3.63) is 257 Å². The maximum absolute atomic E-state index is 15.9. The van der Waals surface area contributed by atoms with E-state index in [4.69, 9.17) is 13.2 Å². The van der Waals surface area contributed by atoms with Crippen molar-refractivity contribution in [2.45, 2.75) is 39.4 Å². The number of benzene rings is 7. The SMILES string of the molecule is [2H]C([2H])([2H])c1cc(-c2[c-]cc(F)cc2)ncc1CCc1cc(CCc2cnc(-c3[c-]cc(F)cc3)cc2C([2H])([2H])[2H])cc(-c2cc(F)ccc2-c2cnc(-c3[c-]cccc3)cc2-c2ccc(-c3ccccc3)cc2)c1.[Ir+3]. The van der Waals surface area contributed by atoms with Gasteiger partial charge in [0.05, 0.1) is 0 Å². The van der Waals surface area contributed by atoms with Crippen LogP contribution >= 0.6 is 0 Å². The minimum absolute atomic E-state index is 0. The average Bonchev–Trinajstić information content (AvgIpc) is 3.43. The number of aromatic nitrogens is 3. The van der Waals surface area contributed by atoms with Crippen molar-refractivity contribution in [1.29, 1.82) is 0 Å². The zero-order chi connectivity index (χ0) is 52.3. The van der Waals surface area contributed by atoms with Crippen LogP contribution < -0.4 is 0 Å². The summed E-state index contributed by atoms with van der Waals surface area (Å²) in [6, 6.07) is 58.6. The normalized spacial score (nSPS) is 12.7. The van der Waals surface area contributed by atoms with Crippen molar-refractivity contribution in [3.8, 4) is 78.3 Å². The fraction of sp³-hybridized carbons (Fsp3) is 0.0952. The number of hydrogen-bond donors (Lipinski definition) is 0. The van der Waals surface area contributed by atoms with E-state index in [-0.39, 0.29) is 44.1 Å². The number of nitrogens with zero attached hydrogens (tertiary/aromatic N) is 3. The van der Waals surface area contributed by atoms with Crippen LogP contribution in [0.25, 0.3) is 78.3 Å². The molecule has 0 aliphatic rings. The van der Waals surface area contributed by atoms with Gasteiger partial charge < -0.3 is 15.0 Å². The first-order chi connectivity index (χ1) is 36.1. The van der Waals surface area contributed by atoms with Crippen molar-refractivity contribution < 1.29 is 41.5 Å². The molecule has 0 radical (unpaired) electrons. The van der Waals surface area contributed by atoms with Gasteiger partial charge in [-0.15, -0.1) is 95.6 Å². The predicted molar refractivity (Wildman–Crippen MR) is 271 cm³/mol. The second-order valence-corrected chi connectivity index (χ2v) is 16.9. The van der Waals surface area contributed by atoms with Gasteiger partial charge in [-0.1, -0.05) is 108 Å². The summed E-state index contributed by atoms with van der Waals surface area (Å²) in [7, 11) is 0. The van der Waals surface area contributed by atoms with Gasteiger partial charge in [-0.2, -0.15) is 0 Å². The topological polar surface area (TPSA) is 38.7 Å². The smallest absolute Gasteiger partial charge is 0.304 e. The van der Waals surface area contributed by atoms with Gasteiger partial charge in [0.15, 0.2) is 0 Å². The molecule has 0 unspecified atom stereocenters. The molecule has 342 valence electrons. The first kappa shape index (κ1) is 40.3. The molecule has 10 aromatic rings. The third kappa shape index (κ3) is 10.8. The minimum atomic E-state index is -2.50. The standard InChI is InChI=1S/C63H45F3N3.Ir/c1-41-31-61(49-21-25-54(64)26-22-49)67-38-51(41)15-13-43-33-44(14-16-52-39-68-62(32-42(52)2)50-23-27-55(65)28-24-50)35-53(34-43)58-36-56(66)29-30-57(58)60-40-69-63(48-11-7-4-8-12-48)37-59(60)47-19-17-46(18-20-47)45-9-5-3-6-10-45;/h3-11,17-21,23,25-40H,13-16H2,1-2H3;/q-3;+3/i1D3,2D3;. The van der Waals surface area contributed by atoms with Gasteiger partial charge in [-0.05, 0) is 130 Å². The van der Waals surface area contributed by atoms with E-state index in [0.29, 0.717) is 68.9 Å². The third-order valence-electron chi connectivity index (χ3n) is 12.3. The van der Waals surface area contributed by atoms with Gasteiger partial charge in [-0.3, -0.25) is 8.78 Å². The van der Waals surface area contributed by atoms with Gasteiger partial charge in [0.25, 0.3) is 0 Å². The van der Waals surface area contributed by atoms with E-state index >= 15 is 4.39 Å². The molecular formula is C63H45F3IrN3. The molecule has 7 aromatic carbocycles. The molecule has 0 amide bonds. The Morgan fingerprint density at radius 3 is 1.51 bits per heavy atom. The van der Waals surface area contributed by atoms with E-state index < -0.39 is 31.2 Å². The largest absolute Gasteiger partial charge is 3.00 e. The molecule has 0 saturated heterocycles. The second-order valence-electron chi connectivity index (χ2n) is 16.9. The Bertz CT molecular complexity index is 3520. The van der Waals surface area contributed by atoms with Crippen LogP contribution in [0.5, 0.6) is 0 Å². The van der Waals surface area contributed by atoms with Crippen molar-refractivity contribution in [2.75, 3.05) is 0 Å². The molecule has 7 heteroatoms. The minimum Gasteiger partial charge on any atom is -0.304 e. The second kappa shape index (κ2) is 21.4. The number of hydrogen-bond acceptors (Lipinski definition) is 3. The molecule has 10 rings (SSSR count). The molecule has 3 nitrogen and oxygen atoms in total. The quantitative estimate of drug-likeness (QED) is 0.108. The molecule has 3 aromatic heterocycles. The van der Waals surface area contributed by atoms with Gasteiger partial charge in [-0.25, -0.2) is 4.39 Å². The summed E-state index contributed by atoms with van der Waals surface area (Å²) in [5, 5.41) is 0. The van der Waals surface area contributed by atoms with Crippen LogP contribution in [0.15, 0.2) is 188 Å². The number of aryl methyl sites for hydroxylation is 6. The zero-order valence-corrected chi connectivity index (χ0v) is 39.9. The summed E-state index contributed by atoms with van der Waals surface area (Å²) in [6.07, 6.45) is 6.14. The van der Waals surface area contributed by atoms with E-state index in [0.717, 1.165) is 44.5 Å².